The number of carboxylic acids is 1. The zero-order valence-electron chi connectivity index (χ0n) is 10.9. The zero-order valence-corrected chi connectivity index (χ0v) is 10.9. The molecule has 102 valence electrons. The number of pyridine rings is 1. The number of carbonyl (C=O) groups is 1. The van der Waals surface area contributed by atoms with Crippen molar-refractivity contribution in [1.29, 1.82) is 0 Å². The number of rotatable bonds is 4. The molecular formula is C16H15NO3. The van der Waals surface area contributed by atoms with Crippen molar-refractivity contribution >= 4 is 5.97 Å². The van der Waals surface area contributed by atoms with Crippen LogP contribution in [0.2, 0.25) is 0 Å². The van der Waals surface area contributed by atoms with E-state index in [2.05, 4.69) is 4.98 Å². The highest BCUT2D eigenvalue weighted by molar-refractivity contribution is 5.84. The molecule has 1 aromatic heterocycles. The minimum atomic E-state index is -0.787. The van der Waals surface area contributed by atoms with Gasteiger partial charge in [0, 0.05) is 6.20 Å². The standard InChI is InChI=1S/C16H15NO3/c18-14(13-3-1-2-10-17-13)11-4-6-12(7-5-11)16(8-9-16)15(19)20/h1-7,10,14,18H,8-9H2,(H,19,20). The fraction of sp³-hybridized carbons (Fsp3) is 0.250. The normalized spacial score (nSPS) is 17.4. The summed E-state index contributed by atoms with van der Waals surface area (Å²) in [5.74, 6) is -0.768. The zero-order chi connectivity index (χ0) is 14.2. The predicted octanol–water partition coefficient (Wildman–Crippen LogP) is 2.28. The first-order valence-electron chi connectivity index (χ1n) is 6.56. The molecule has 0 spiro atoms. The summed E-state index contributed by atoms with van der Waals surface area (Å²) in [6.07, 6.45) is 2.22. The molecule has 2 aromatic rings. The van der Waals surface area contributed by atoms with Crippen molar-refractivity contribution in [2.45, 2.75) is 24.4 Å². The van der Waals surface area contributed by atoms with Gasteiger partial charge in [-0.1, -0.05) is 30.3 Å². The Labute approximate surface area is 116 Å². The number of hydrogen-bond acceptors (Lipinski definition) is 3. The number of nitrogens with zero attached hydrogens (tertiary/aromatic N) is 1. The van der Waals surface area contributed by atoms with Crippen molar-refractivity contribution in [3.63, 3.8) is 0 Å². The summed E-state index contributed by atoms with van der Waals surface area (Å²) >= 11 is 0. The van der Waals surface area contributed by atoms with Gasteiger partial charge >= 0.3 is 5.97 Å². The lowest BCUT2D eigenvalue weighted by atomic mass is 9.94. The highest BCUT2D eigenvalue weighted by Crippen LogP contribution is 2.48. The molecule has 1 aromatic carbocycles. The van der Waals surface area contributed by atoms with Gasteiger partial charge in [-0.3, -0.25) is 9.78 Å². The van der Waals surface area contributed by atoms with Crippen LogP contribution in [0.1, 0.15) is 35.8 Å². The topological polar surface area (TPSA) is 70.4 Å². The molecule has 0 aliphatic heterocycles. The summed E-state index contributed by atoms with van der Waals surface area (Å²) < 4.78 is 0. The molecule has 0 amide bonds. The third-order valence-electron chi connectivity index (χ3n) is 3.91. The minimum absolute atomic E-state index is 0.583. The van der Waals surface area contributed by atoms with E-state index in [0.29, 0.717) is 24.1 Å². The Hall–Kier alpha value is -2.20. The number of aliphatic hydroxyl groups excluding tert-OH is 1. The van der Waals surface area contributed by atoms with Crippen LogP contribution in [0.25, 0.3) is 0 Å². The largest absolute Gasteiger partial charge is 0.481 e. The van der Waals surface area contributed by atoms with Gasteiger partial charge in [0.25, 0.3) is 0 Å². The van der Waals surface area contributed by atoms with Gasteiger partial charge in [0.15, 0.2) is 0 Å². The van der Waals surface area contributed by atoms with Gasteiger partial charge in [0.05, 0.1) is 11.1 Å². The average molecular weight is 269 g/mol. The fourth-order valence-corrected chi connectivity index (χ4v) is 2.44. The maximum absolute atomic E-state index is 11.3. The summed E-state index contributed by atoms with van der Waals surface area (Å²) in [4.78, 5) is 15.4. The van der Waals surface area contributed by atoms with E-state index < -0.39 is 17.5 Å². The maximum Gasteiger partial charge on any atom is 0.314 e. The molecule has 0 radical (unpaired) electrons. The smallest absolute Gasteiger partial charge is 0.314 e. The van der Waals surface area contributed by atoms with Crippen molar-refractivity contribution in [2.75, 3.05) is 0 Å². The third-order valence-corrected chi connectivity index (χ3v) is 3.91. The van der Waals surface area contributed by atoms with E-state index in [9.17, 15) is 15.0 Å². The molecule has 3 rings (SSSR count). The van der Waals surface area contributed by atoms with E-state index in [1.807, 2.05) is 6.07 Å². The highest BCUT2D eigenvalue weighted by atomic mass is 16.4. The van der Waals surface area contributed by atoms with Crippen LogP contribution in [-0.4, -0.2) is 21.2 Å². The number of hydrogen-bond donors (Lipinski definition) is 2. The molecule has 0 saturated heterocycles. The minimum Gasteiger partial charge on any atom is -0.481 e. The van der Waals surface area contributed by atoms with Crippen LogP contribution in [-0.2, 0) is 10.2 Å². The summed E-state index contributed by atoms with van der Waals surface area (Å²) in [6.45, 7) is 0. The van der Waals surface area contributed by atoms with Gasteiger partial charge < -0.3 is 10.2 Å². The Morgan fingerprint density at radius 1 is 1.15 bits per heavy atom. The lowest BCUT2D eigenvalue weighted by molar-refractivity contribution is -0.140. The van der Waals surface area contributed by atoms with E-state index in [1.54, 1.807) is 42.6 Å². The maximum atomic E-state index is 11.3. The number of carboxylic acid groups (broad SMARTS) is 1. The lowest BCUT2D eigenvalue weighted by Crippen LogP contribution is -2.19. The van der Waals surface area contributed by atoms with Crippen molar-refractivity contribution < 1.29 is 15.0 Å². The van der Waals surface area contributed by atoms with Gasteiger partial charge in [0.2, 0.25) is 0 Å². The average Bonchev–Trinajstić information content (AvgIpc) is 3.29. The molecule has 1 unspecified atom stereocenters. The Morgan fingerprint density at radius 3 is 2.35 bits per heavy atom. The van der Waals surface area contributed by atoms with E-state index in [-0.39, 0.29) is 0 Å². The van der Waals surface area contributed by atoms with Gasteiger partial charge in [-0.2, -0.15) is 0 Å². The molecule has 1 aliphatic rings. The monoisotopic (exact) mass is 269 g/mol. The molecule has 0 bridgehead atoms. The molecule has 4 heteroatoms. The SMILES string of the molecule is O=C(O)C1(c2ccc(C(O)c3ccccn3)cc2)CC1. The Balaban J connectivity index is 1.85. The Bertz CT molecular complexity index is 618. The van der Waals surface area contributed by atoms with Crippen molar-refractivity contribution in [1.82, 2.24) is 4.98 Å². The second-order valence-corrected chi connectivity index (χ2v) is 5.17. The molecule has 1 fully saturated rings. The van der Waals surface area contributed by atoms with Gasteiger partial charge in [0.1, 0.15) is 6.10 Å². The molecular weight excluding hydrogens is 254 g/mol. The number of aliphatic carboxylic acids is 1. The molecule has 2 N–H and O–H groups in total. The summed E-state index contributed by atoms with van der Waals surface area (Å²) in [5, 5.41) is 19.5. The van der Waals surface area contributed by atoms with Crippen LogP contribution in [0.4, 0.5) is 0 Å². The highest BCUT2D eigenvalue weighted by Gasteiger charge is 2.51. The molecule has 1 atom stereocenters. The van der Waals surface area contributed by atoms with E-state index in [1.165, 1.54) is 0 Å². The second-order valence-electron chi connectivity index (χ2n) is 5.17. The van der Waals surface area contributed by atoms with Crippen LogP contribution >= 0.6 is 0 Å². The van der Waals surface area contributed by atoms with Crippen molar-refractivity contribution in [3.05, 3.63) is 65.5 Å². The first-order valence-corrected chi connectivity index (χ1v) is 6.56. The van der Waals surface area contributed by atoms with E-state index in [0.717, 1.165) is 5.56 Å². The molecule has 1 aliphatic carbocycles. The Kier molecular flexibility index (Phi) is 3.03. The van der Waals surface area contributed by atoms with E-state index in [4.69, 9.17) is 0 Å². The predicted molar refractivity (Wildman–Crippen MR) is 73.3 cm³/mol. The molecule has 1 saturated carbocycles. The van der Waals surface area contributed by atoms with Crippen molar-refractivity contribution in [2.24, 2.45) is 0 Å². The number of aliphatic hydroxyl groups is 1. The van der Waals surface area contributed by atoms with Crippen molar-refractivity contribution in [3.8, 4) is 0 Å². The first-order chi connectivity index (χ1) is 9.63. The lowest BCUT2D eigenvalue weighted by Gasteiger charge is -2.13. The van der Waals surface area contributed by atoms with Crippen LogP contribution in [0.15, 0.2) is 48.7 Å². The van der Waals surface area contributed by atoms with Gasteiger partial charge in [-0.25, -0.2) is 0 Å². The van der Waals surface area contributed by atoms with Crippen LogP contribution in [0.3, 0.4) is 0 Å². The Morgan fingerprint density at radius 2 is 1.85 bits per heavy atom. The van der Waals surface area contributed by atoms with Gasteiger partial charge in [-0.05, 0) is 36.1 Å². The summed E-state index contributed by atoms with van der Waals surface area (Å²) in [6, 6.07) is 12.5. The quantitative estimate of drug-likeness (QED) is 0.893. The van der Waals surface area contributed by atoms with Gasteiger partial charge in [-0.15, -0.1) is 0 Å². The summed E-state index contributed by atoms with van der Waals surface area (Å²) in [5.41, 5.74) is 1.41. The second kappa shape index (κ2) is 4.72. The van der Waals surface area contributed by atoms with Crippen LogP contribution < -0.4 is 0 Å². The molecule has 20 heavy (non-hydrogen) atoms. The van der Waals surface area contributed by atoms with Crippen LogP contribution in [0, 0.1) is 0 Å². The number of benzene rings is 1. The van der Waals surface area contributed by atoms with E-state index >= 15 is 0 Å². The molecule has 1 heterocycles. The third kappa shape index (κ3) is 2.08. The molecule has 4 nitrogen and oxygen atoms in total. The fourth-order valence-electron chi connectivity index (χ4n) is 2.44. The first kappa shape index (κ1) is 12.8. The number of aromatic nitrogens is 1. The van der Waals surface area contributed by atoms with Crippen LogP contribution in [0.5, 0.6) is 0 Å². The summed E-state index contributed by atoms with van der Waals surface area (Å²) in [7, 11) is 0.